The molecule has 7 heteroatoms. The summed E-state index contributed by atoms with van der Waals surface area (Å²) in [6.45, 7) is 0.163. The van der Waals surface area contributed by atoms with E-state index in [0.29, 0.717) is 0 Å². The second-order valence-electron chi connectivity index (χ2n) is 2.82. The molecule has 88 valence electrons. The molecule has 0 fully saturated rings. The van der Waals surface area contributed by atoms with Crippen LogP contribution in [0.3, 0.4) is 0 Å². The zero-order valence-corrected chi connectivity index (χ0v) is 8.60. The third-order valence-corrected chi connectivity index (χ3v) is 1.53. The summed E-state index contributed by atoms with van der Waals surface area (Å²) in [5, 5.41) is 19.3. The number of aliphatic hydroxyl groups excluding tert-OH is 1. The first-order chi connectivity index (χ1) is 7.07. The maximum absolute atomic E-state index is 11.2. The van der Waals surface area contributed by atoms with Gasteiger partial charge in [0.05, 0.1) is 13.2 Å². The number of hydrogen-bond donors (Lipinski definition) is 3. The lowest BCUT2D eigenvalue weighted by Gasteiger charge is -2.16. The van der Waals surface area contributed by atoms with Crippen LogP contribution < -0.4 is 5.32 Å². The van der Waals surface area contributed by atoms with Crippen molar-refractivity contribution in [3.8, 4) is 0 Å². The molecule has 0 atom stereocenters. The van der Waals surface area contributed by atoms with Gasteiger partial charge in [-0.1, -0.05) is 0 Å². The summed E-state index contributed by atoms with van der Waals surface area (Å²) in [7, 11) is 1.55. The largest absolute Gasteiger partial charge is 0.480 e. The van der Waals surface area contributed by atoms with Crippen LogP contribution in [0.5, 0.6) is 0 Å². The highest BCUT2D eigenvalue weighted by atomic mass is 16.5. The molecule has 3 N–H and O–H groups in total. The number of aliphatic carboxylic acids is 1. The molecule has 0 heterocycles. The number of rotatable bonds is 7. The maximum Gasteiger partial charge on any atom is 0.329 e. The van der Waals surface area contributed by atoms with Gasteiger partial charge in [-0.05, 0) is 0 Å². The van der Waals surface area contributed by atoms with Gasteiger partial charge in [-0.25, -0.2) is 9.59 Å². The second kappa shape index (κ2) is 8.01. The van der Waals surface area contributed by atoms with Gasteiger partial charge in [0, 0.05) is 20.1 Å². The van der Waals surface area contributed by atoms with Gasteiger partial charge in [-0.3, -0.25) is 0 Å². The summed E-state index contributed by atoms with van der Waals surface area (Å²) in [6.07, 6.45) is 0. The molecule has 0 rings (SSSR count). The standard InChI is InChI=1S/C8H16N2O5/c1-10(3-4-11)8(14)9-2-5-15-6-7(12)13/h11H,2-6H2,1H3,(H,9,14)(H,12,13). The SMILES string of the molecule is CN(CCO)C(=O)NCCOCC(=O)O. The number of carboxylic acids is 1. The molecule has 0 aliphatic carbocycles. The number of carbonyl (C=O) groups is 2. The van der Waals surface area contributed by atoms with Gasteiger partial charge in [0.1, 0.15) is 6.61 Å². The van der Waals surface area contributed by atoms with Gasteiger partial charge in [-0.2, -0.15) is 0 Å². The number of nitrogens with one attached hydrogen (secondary N) is 1. The molecular weight excluding hydrogens is 204 g/mol. The first-order valence-corrected chi connectivity index (χ1v) is 4.47. The van der Waals surface area contributed by atoms with Crippen LogP contribution in [0.25, 0.3) is 0 Å². The van der Waals surface area contributed by atoms with Gasteiger partial charge >= 0.3 is 12.0 Å². The Bertz CT molecular complexity index is 209. The van der Waals surface area contributed by atoms with Crippen molar-refractivity contribution in [2.75, 3.05) is 40.0 Å². The van der Waals surface area contributed by atoms with Crippen LogP contribution in [-0.2, 0) is 9.53 Å². The monoisotopic (exact) mass is 220 g/mol. The van der Waals surface area contributed by atoms with E-state index < -0.39 is 5.97 Å². The predicted molar refractivity (Wildman–Crippen MR) is 51.6 cm³/mol. The smallest absolute Gasteiger partial charge is 0.329 e. The van der Waals surface area contributed by atoms with Gasteiger partial charge in [0.15, 0.2) is 0 Å². The fraction of sp³-hybridized carbons (Fsp3) is 0.750. The van der Waals surface area contributed by atoms with Crippen molar-refractivity contribution in [3.05, 3.63) is 0 Å². The molecule has 0 aromatic heterocycles. The van der Waals surface area contributed by atoms with E-state index in [-0.39, 0.29) is 38.9 Å². The first kappa shape index (κ1) is 13.7. The molecule has 0 radical (unpaired) electrons. The third-order valence-electron chi connectivity index (χ3n) is 1.53. The topological polar surface area (TPSA) is 99.1 Å². The van der Waals surface area contributed by atoms with E-state index in [1.807, 2.05) is 0 Å². The van der Waals surface area contributed by atoms with Gasteiger partial charge in [-0.15, -0.1) is 0 Å². The highest BCUT2D eigenvalue weighted by molar-refractivity contribution is 5.73. The minimum absolute atomic E-state index is 0.0978. The van der Waals surface area contributed by atoms with Crippen molar-refractivity contribution in [1.82, 2.24) is 10.2 Å². The number of likely N-dealkylation sites (N-methyl/N-ethyl adjacent to an activating group) is 1. The number of ether oxygens (including phenoxy) is 1. The Morgan fingerprint density at radius 2 is 2.13 bits per heavy atom. The molecule has 2 amide bonds. The van der Waals surface area contributed by atoms with E-state index in [2.05, 4.69) is 5.32 Å². The summed E-state index contributed by atoms with van der Waals surface area (Å²) in [5.74, 6) is -1.04. The van der Waals surface area contributed by atoms with Crippen LogP contribution >= 0.6 is 0 Å². The zero-order valence-electron chi connectivity index (χ0n) is 8.60. The molecule has 0 unspecified atom stereocenters. The lowest BCUT2D eigenvalue weighted by atomic mass is 10.6. The number of carboxylic acid groups (broad SMARTS) is 1. The molecule has 15 heavy (non-hydrogen) atoms. The lowest BCUT2D eigenvalue weighted by Crippen LogP contribution is -2.40. The Balaban J connectivity index is 3.42. The lowest BCUT2D eigenvalue weighted by molar-refractivity contribution is -0.142. The maximum atomic E-state index is 11.2. The highest BCUT2D eigenvalue weighted by Gasteiger charge is 2.05. The Kier molecular flexibility index (Phi) is 7.29. The van der Waals surface area contributed by atoms with Crippen LogP contribution in [0.2, 0.25) is 0 Å². The number of nitrogens with zero attached hydrogens (tertiary/aromatic N) is 1. The molecule has 0 bridgehead atoms. The Morgan fingerprint density at radius 1 is 1.47 bits per heavy atom. The summed E-state index contributed by atoms with van der Waals surface area (Å²) in [6, 6.07) is -0.331. The van der Waals surface area contributed by atoms with Crippen molar-refractivity contribution < 1.29 is 24.5 Å². The molecule has 7 nitrogen and oxygen atoms in total. The van der Waals surface area contributed by atoms with Crippen molar-refractivity contribution >= 4 is 12.0 Å². The normalized spacial score (nSPS) is 9.73. The number of urea groups is 1. The van der Waals surface area contributed by atoms with Crippen molar-refractivity contribution in [2.45, 2.75) is 0 Å². The van der Waals surface area contributed by atoms with Crippen LogP contribution in [0.4, 0.5) is 4.79 Å². The average molecular weight is 220 g/mol. The predicted octanol–water partition coefficient (Wildman–Crippen LogP) is -1.28. The van der Waals surface area contributed by atoms with Crippen LogP contribution in [-0.4, -0.2) is 67.1 Å². The zero-order chi connectivity index (χ0) is 11.7. The minimum Gasteiger partial charge on any atom is -0.480 e. The molecular formula is C8H16N2O5. The van der Waals surface area contributed by atoms with Crippen LogP contribution in [0, 0.1) is 0 Å². The van der Waals surface area contributed by atoms with Gasteiger partial charge in [0.2, 0.25) is 0 Å². The summed E-state index contributed by atoms with van der Waals surface area (Å²) in [4.78, 5) is 22.5. The molecule has 0 spiro atoms. The molecule has 0 aliphatic heterocycles. The van der Waals surface area contributed by atoms with E-state index >= 15 is 0 Å². The van der Waals surface area contributed by atoms with Crippen LogP contribution in [0.1, 0.15) is 0 Å². The van der Waals surface area contributed by atoms with Gasteiger partial charge < -0.3 is 25.2 Å². The second-order valence-corrected chi connectivity index (χ2v) is 2.82. The van der Waals surface area contributed by atoms with E-state index in [1.54, 1.807) is 7.05 Å². The fourth-order valence-corrected chi connectivity index (χ4v) is 0.776. The van der Waals surface area contributed by atoms with Crippen LogP contribution in [0.15, 0.2) is 0 Å². The van der Waals surface area contributed by atoms with E-state index in [4.69, 9.17) is 14.9 Å². The van der Waals surface area contributed by atoms with Crippen molar-refractivity contribution in [1.29, 1.82) is 0 Å². The molecule has 0 aromatic carbocycles. The summed E-state index contributed by atoms with van der Waals surface area (Å²) >= 11 is 0. The van der Waals surface area contributed by atoms with Crippen molar-refractivity contribution in [2.24, 2.45) is 0 Å². The Morgan fingerprint density at radius 3 is 2.67 bits per heavy atom. The van der Waals surface area contributed by atoms with Gasteiger partial charge in [0.25, 0.3) is 0 Å². The average Bonchev–Trinajstić information content (AvgIpc) is 2.16. The number of carbonyl (C=O) groups excluding carboxylic acids is 1. The first-order valence-electron chi connectivity index (χ1n) is 4.47. The number of aliphatic hydroxyl groups is 1. The minimum atomic E-state index is -1.04. The number of hydrogen-bond acceptors (Lipinski definition) is 4. The van der Waals surface area contributed by atoms with E-state index in [9.17, 15) is 9.59 Å². The summed E-state index contributed by atoms with van der Waals surface area (Å²) in [5.41, 5.74) is 0. The van der Waals surface area contributed by atoms with Crippen molar-refractivity contribution in [3.63, 3.8) is 0 Å². The molecule has 0 aromatic rings. The molecule has 0 aliphatic rings. The number of amides is 2. The quantitative estimate of drug-likeness (QED) is 0.464. The molecule has 0 saturated carbocycles. The Labute approximate surface area is 87.6 Å². The van der Waals surface area contributed by atoms with E-state index in [0.717, 1.165) is 0 Å². The fourth-order valence-electron chi connectivity index (χ4n) is 0.776. The highest BCUT2D eigenvalue weighted by Crippen LogP contribution is 1.82. The summed E-state index contributed by atoms with van der Waals surface area (Å²) < 4.78 is 4.70. The Hall–Kier alpha value is -1.34. The third kappa shape index (κ3) is 7.71. The molecule has 0 saturated heterocycles. The van der Waals surface area contributed by atoms with E-state index in [1.165, 1.54) is 4.90 Å².